The van der Waals surface area contributed by atoms with Crippen LogP contribution in [0.3, 0.4) is 0 Å². The van der Waals surface area contributed by atoms with Gasteiger partial charge in [0.1, 0.15) is 5.75 Å². The van der Waals surface area contributed by atoms with Crippen molar-refractivity contribution in [3.8, 4) is 11.8 Å². The number of aryl methyl sites for hydroxylation is 1. The molecule has 26 heavy (non-hydrogen) atoms. The van der Waals surface area contributed by atoms with Gasteiger partial charge in [-0.15, -0.1) is 0 Å². The lowest BCUT2D eigenvalue weighted by molar-refractivity contribution is -0.111. The Balaban J connectivity index is 0.000000152. The van der Waals surface area contributed by atoms with Crippen LogP contribution in [0.5, 0.6) is 5.75 Å². The van der Waals surface area contributed by atoms with Crippen molar-refractivity contribution in [3.05, 3.63) is 64.8 Å². The van der Waals surface area contributed by atoms with Crippen LogP contribution in [0.2, 0.25) is 0 Å². The van der Waals surface area contributed by atoms with Crippen LogP contribution in [-0.2, 0) is 11.2 Å². The Kier molecular flexibility index (Phi) is 5.42. The predicted molar refractivity (Wildman–Crippen MR) is 103 cm³/mol. The fourth-order valence-electron chi connectivity index (χ4n) is 3.78. The lowest BCUT2D eigenvalue weighted by Gasteiger charge is -2.23. The summed E-state index contributed by atoms with van der Waals surface area (Å²) in [5, 5.41) is 8.65. The Morgan fingerprint density at radius 3 is 2.77 bits per heavy atom. The van der Waals surface area contributed by atoms with E-state index in [1.54, 1.807) is 12.1 Å². The van der Waals surface area contributed by atoms with E-state index in [0.717, 1.165) is 55.6 Å². The summed E-state index contributed by atoms with van der Waals surface area (Å²) >= 11 is 0. The third-order valence-electron chi connectivity index (χ3n) is 5.60. The van der Waals surface area contributed by atoms with Crippen molar-refractivity contribution in [3.63, 3.8) is 0 Å². The molecule has 1 aromatic rings. The molecule has 0 radical (unpaired) electrons. The average Bonchev–Trinajstić information content (AvgIpc) is 3.09. The number of carbonyl (C=O) groups excluding carboxylic acids is 1. The van der Waals surface area contributed by atoms with Gasteiger partial charge in [0, 0.05) is 5.57 Å². The lowest BCUT2D eigenvalue weighted by atomic mass is 9.81. The van der Waals surface area contributed by atoms with Gasteiger partial charge in [0.25, 0.3) is 0 Å². The van der Waals surface area contributed by atoms with E-state index in [1.165, 1.54) is 11.1 Å². The first-order valence-electron chi connectivity index (χ1n) is 9.41. The molecule has 0 saturated heterocycles. The summed E-state index contributed by atoms with van der Waals surface area (Å²) in [6, 6.07) is 7.71. The maximum atomic E-state index is 11.6. The number of ketones is 1. The molecule has 2 aliphatic carbocycles. The Morgan fingerprint density at radius 2 is 2.08 bits per heavy atom. The van der Waals surface area contributed by atoms with Crippen molar-refractivity contribution in [1.82, 2.24) is 0 Å². The number of fused-ring (bicyclic) bond motifs is 2. The molecule has 1 aliphatic heterocycles. The standard InChI is InChI=1S/C13H16O.C10H9NO/c1-3-13(4-2)8-10-6-5-7-12(14)11(10)9-13;11-7-8-3-4-10-9(6-8)2-1-5-12-10/h5-7,9H,3-4,8H2,1-2H3;3-4,6H,1-2,5H2. The molecule has 0 N–H and O–H groups in total. The number of hydrogen-bond acceptors (Lipinski definition) is 3. The molecule has 0 aromatic heterocycles. The van der Waals surface area contributed by atoms with Crippen LogP contribution in [0.1, 0.15) is 50.7 Å². The molecule has 1 aromatic carbocycles. The normalized spacial score (nSPS) is 19.0. The predicted octanol–water partition coefficient (Wildman–Crippen LogP) is 5.07. The zero-order valence-corrected chi connectivity index (χ0v) is 15.5. The number of ether oxygens (including phenoxy) is 1. The first-order chi connectivity index (χ1) is 12.6. The molecule has 0 atom stereocenters. The quantitative estimate of drug-likeness (QED) is 0.750. The Labute approximate surface area is 155 Å². The Morgan fingerprint density at radius 1 is 1.27 bits per heavy atom. The van der Waals surface area contributed by atoms with Crippen molar-refractivity contribution in [2.75, 3.05) is 6.61 Å². The molecule has 1 heterocycles. The third kappa shape index (κ3) is 3.65. The summed E-state index contributed by atoms with van der Waals surface area (Å²) < 4.78 is 5.41. The summed E-state index contributed by atoms with van der Waals surface area (Å²) in [7, 11) is 0. The molecule has 0 saturated carbocycles. The van der Waals surface area contributed by atoms with Crippen molar-refractivity contribution < 1.29 is 9.53 Å². The number of nitrogens with zero attached hydrogens (tertiary/aromatic N) is 1. The van der Waals surface area contributed by atoms with E-state index < -0.39 is 0 Å². The van der Waals surface area contributed by atoms with Gasteiger partial charge in [0.05, 0.1) is 18.2 Å². The fourth-order valence-corrected chi connectivity index (χ4v) is 3.78. The van der Waals surface area contributed by atoms with Gasteiger partial charge in [-0.1, -0.05) is 32.1 Å². The molecule has 134 valence electrons. The highest BCUT2D eigenvalue weighted by Gasteiger charge is 2.35. The Bertz CT molecular complexity index is 832. The van der Waals surface area contributed by atoms with E-state index >= 15 is 0 Å². The van der Waals surface area contributed by atoms with Crippen LogP contribution < -0.4 is 4.74 Å². The van der Waals surface area contributed by atoms with Crippen LogP contribution >= 0.6 is 0 Å². The van der Waals surface area contributed by atoms with E-state index in [-0.39, 0.29) is 11.2 Å². The van der Waals surface area contributed by atoms with Crippen molar-refractivity contribution in [2.45, 2.75) is 46.0 Å². The Hall–Kier alpha value is -2.60. The fraction of sp³-hybridized carbons (Fsp3) is 0.391. The van der Waals surface area contributed by atoms with E-state index in [2.05, 4.69) is 32.1 Å². The summed E-state index contributed by atoms with van der Waals surface area (Å²) in [4.78, 5) is 11.6. The van der Waals surface area contributed by atoms with Crippen LogP contribution in [-0.4, -0.2) is 12.4 Å². The second-order valence-electron chi connectivity index (χ2n) is 7.11. The summed E-state index contributed by atoms with van der Waals surface area (Å²) in [6.45, 7) is 5.21. The topological polar surface area (TPSA) is 50.1 Å². The van der Waals surface area contributed by atoms with E-state index in [1.807, 2.05) is 18.2 Å². The number of benzene rings is 1. The van der Waals surface area contributed by atoms with Crippen molar-refractivity contribution in [1.29, 1.82) is 5.26 Å². The maximum absolute atomic E-state index is 11.6. The highest BCUT2D eigenvalue weighted by Crippen LogP contribution is 2.45. The van der Waals surface area contributed by atoms with Gasteiger partial charge in [-0.25, -0.2) is 0 Å². The molecule has 0 bridgehead atoms. The minimum atomic E-state index is 0.186. The molecular formula is C23H25NO2. The maximum Gasteiger partial charge on any atom is 0.185 e. The summed E-state index contributed by atoms with van der Waals surface area (Å²) in [6.07, 6.45) is 13.2. The monoisotopic (exact) mass is 347 g/mol. The summed E-state index contributed by atoms with van der Waals surface area (Å²) in [5.41, 5.74) is 4.33. The van der Waals surface area contributed by atoms with Gasteiger partial charge in [0.15, 0.2) is 5.78 Å². The molecule has 3 heteroatoms. The van der Waals surface area contributed by atoms with E-state index in [4.69, 9.17) is 10.00 Å². The smallest absolute Gasteiger partial charge is 0.185 e. The lowest BCUT2D eigenvalue weighted by Crippen LogP contribution is -2.11. The number of carbonyl (C=O) groups is 1. The first kappa shape index (κ1) is 18.2. The van der Waals surface area contributed by atoms with Gasteiger partial charge in [-0.2, -0.15) is 5.26 Å². The first-order valence-corrected chi connectivity index (χ1v) is 9.41. The van der Waals surface area contributed by atoms with Gasteiger partial charge in [-0.05, 0) is 72.9 Å². The zero-order valence-electron chi connectivity index (χ0n) is 15.5. The van der Waals surface area contributed by atoms with Gasteiger partial charge >= 0.3 is 0 Å². The average molecular weight is 347 g/mol. The minimum Gasteiger partial charge on any atom is -0.493 e. The highest BCUT2D eigenvalue weighted by molar-refractivity contribution is 6.09. The van der Waals surface area contributed by atoms with E-state index in [9.17, 15) is 4.79 Å². The molecule has 3 aliphatic rings. The molecule has 4 rings (SSSR count). The molecule has 3 nitrogen and oxygen atoms in total. The van der Waals surface area contributed by atoms with Crippen LogP contribution in [0.15, 0.2) is 53.6 Å². The van der Waals surface area contributed by atoms with Crippen LogP contribution in [0, 0.1) is 16.7 Å². The minimum absolute atomic E-state index is 0.186. The van der Waals surface area contributed by atoms with Crippen molar-refractivity contribution >= 4 is 5.78 Å². The SMILES string of the molecule is CCC1(CC)C=C2C(=O)C=CC=C2C1.N#Cc1ccc2c(c1)CCCO2. The van der Waals surface area contributed by atoms with E-state index in [0.29, 0.717) is 0 Å². The number of hydrogen-bond donors (Lipinski definition) is 0. The molecule has 0 amide bonds. The van der Waals surface area contributed by atoms with Crippen LogP contribution in [0.4, 0.5) is 0 Å². The third-order valence-corrected chi connectivity index (χ3v) is 5.60. The molecule has 0 fully saturated rings. The largest absolute Gasteiger partial charge is 0.493 e. The summed E-state index contributed by atoms with van der Waals surface area (Å²) in [5.74, 6) is 1.13. The molecule has 0 spiro atoms. The second kappa shape index (κ2) is 7.74. The van der Waals surface area contributed by atoms with Crippen LogP contribution in [0.25, 0.3) is 0 Å². The van der Waals surface area contributed by atoms with Crippen molar-refractivity contribution in [2.24, 2.45) is 5.41 Å². The number of nitriles is 1. The zero-order chi connectivity index (χ0) is 18.6. The highest BCUT2D eigenvalue weighted by atomic mass is 16.5. The molecule has 0 unspecified atom stereocenters. The van der Waals surface area contributed by atoms with Gasteiger partial charge in [-0.3, -0.25) is 4.79 Å². The number of rotatable bonds is 2. The number of allylic oxidation sites excluding steroid dienone is 6. The second-order valence-corrected chi connectivity index (χ2v) is 7.11. The van der Waals surface area contributed by atoms with Gasteiger partial charge in [0.2, 0.25) is 0 Å². The van der Waals surface area contributed by atoms with Gasteiger partial charge < -0.3 is 4.74 Å². The molecular weight excluding hydrogens is 322 g/mol.